The Bertz CT molecular complexity index is 1060. The van der Waals surface area contributed by atoms with Crippen molar-refractivity contribution in [1.82, 2.24) is 0 Å². The van der Waals surface area contributed by atoms with Gasteiger partial charge in [-0.1, -0.05) is 39.7 Å². The van der Waals surface area contributed by atoms with Crippen LogP contribution in [0.25, 0.3) is 0 Å². The number of hydrogen-bond acceptors (Lipinski definition) is 4. The van der Waals surface area contributed by atoms with Crippen molar-refractivity contribution in [2.24, 2.45) is 0 Å². The monoisotopic (exact) mass is 493 g/mol. The lowest BCUT2D eigenvalue weighted by molar-refractivity contribution is 0.0697. The van der Waals surface area contributed by atoms with Crippen molar-refractivity contribution in [2.45, 2.75) is 13.2 Å². The molecule has 8 heteroatoms. The van der Waals surface area contributed by atoms with Crippen LogP contribution >= 0.6 is 27.5 Å². The third-order valence-electron chi connectivity index (χ3n) is 4.32. The van der Waals surface area contributed by atoms with E-state index in [2.05, 4.69) is 21.2 Å². The number of halogens is 3. The Kier molecular flexibility index (Phi) is 7.18. The Labute approximate surface area is 186 Å². The van der Waals surface area contributed by atoms with Crippen LogP contribution in [0, 0.1) is 5.82 Å². The molecule has 0 unspecified atom stereocenters. The van der Waals surface area contributed by atoms with Crippen LogP contribution < -0.4 is 14.8 Å². The van der Waals surface area contributed by atoms with E-state index >= 15 is 0 Å². The predicted octanol–water partition coefficient (Wildman–Crippen LogP) is 6.14. The number of carbonyl (C=O) groups is 1. The van der Waals surface area contributed by atoms with E-state index in [1.165, 1.54) is 18.2 Å². The average Bonchev–Trinajstić information content (AvgIpc) is 2.72. The van der Waals surface area contributed by atoms with Gasteiger partial charge in [-0.05, 0) is 53.6 Å². The van der Waals surface area contributed by atoms with Gasteiger partial charge >= 0.3 is 5.97 Å². The van der Waals surface area contributed by atoms with Crippen LogP contribution in [0.1, 0.15) is 21.5 Å². The average molecular weight is 495 g/mol. The van der Waals surface area contributed by atoms with Gasteiger partial charge < -0.3 is 19.9 Å². The molecule has 0 aliphatic carbocycles. The number of methoxy groups -OCH3 is 1. The summed E-state index contributed by atoms with van der Waals surface area (Å²) in [5.74, 6) is -0.271. The van der Waals surface area contributed by atoms with Gasteiger partial charge in [0.05, 0.1) is 17.7 Å². The first-order valence-electron chi connectivity index (χ1n) is 8.87. The second-order valence-electron chi connectivity index (χ2n) is 6.36. The van der Waals surface area contributed by atoms with Gasteiger partial charge in [0, 0.05) is 16.7 Å². The Morgan fingerprint density at radius 2 is 1.87 bits per heavy atom. The summed E-state index contributed by atoms with van der Waals surface area (Å²) >= 11 is 9.55. The summed E-state index contributed by atoms with van der Waals surface area (Å²) in [5.41, 5.74) is 2.47. The number of benzene rings is 3. The molecule has 0 fully saturated rings. The lowest BCUT2D eigenvalue weighted by Gasteiger charge is -2.15. The highest BCUT2D eigenvalue weighted by molar-refractivity contribution is 9.10. The molecule has 30 heavy (non-hydrogen) atoms. The van der Waals surface area contributed by atoms with Crippen LogP contribution in [0.15, 0.2) is 59.1 Å². The Hall–Kier alpha value is -2.77. The van der Waals surface area contributed by atoms with E-state index in [0.717, 1.165) is 15.6 Å². The molecular weight excluding hydrogens is 477 g/mol. The highest BCUT2D eigenvalue weighted by Gasteiger charge is 2.12. The van der Waals surface area contributed by atoms with Crippen molar-refractivity contribution in [3.63, 3.8) is 0 Å². The normalized spacial score (nSPS) is 10.5. The second-order valence-corrected chi connectivity index (χ2v) is 7.62. The minimum atomic E-state index is -1.07. The first-order chi connectivity index (χ1) is 14.4. The van der Waals surface area contributed by atoms with Crippen LogP contribution in [-0.4, -0.2) is 18.2 Å². The van der Waals surface area contributed by atoms with Crippen LogP contribution in [0.4, 0.5) is 10.1 Å². The quantitative estimate of drug-likeness (QED) is 0.394. The molecule has 0 heterocycles. The lowest BCUT2D eigenvalue weighted by Crippen LogP contribution is -2.04. The molecular formula is C22H18BrClFNO4. The van der Waals surface area contributed by atoms with Crippen LogP contribution in [0.5, 0.6) is 11.5 Å². The maximum atomic E-state index is 13.0. The number of aromatic carboxylic acids is 1. The molecule has 0 atom stereocenters. The molecule has 0 aliphatic rings. The van der Waals surface area contributed by atoms with Gasteiger partial charge in [-0.2, -0.15) is 0 Å². The second kappa shape index (κ2) is 9.82. The van der Waals surface area contributed by atoms with Crippen LogP contribution in [0.2, 0.25) is 5.02 Å². The maximum Gasteiger partial charge on any atom is 0.337 e. The molecule has 0 amide bonds. The SMILES string of the molecule is COc1cc(CNc2ccc(C(=O)O)c(Cl)c2)c(Br)cc1OCc1ccc(F)cc1. The summed E-state index contributed by atoms with van der Waals surface area (Å²) in [5, 5.41) is 12.4. The highest BCUT2D eigenvalue weighted by atomic mass is 79.9. The molecule has 156 valence electrons. The molecule has 0 radical (unpaired) electrons. The fourth-order valence-corrected chi connectivity index (χ4v) is 3.45. The first-order valence-corrected chi connectivity index (χ1v) is 10.0. The fraction of sp³-hybridized carbons (Fsp3) is 0.136. The molecule has 3 aromatic carbocycles. The van der Waals surface area contributed by atoms with E-state index in [9.17, 15) is 9.18 Å². The molecule has 0 aromatic heterocycles. The Balaban J connectivity index is 1.71. The zero-order valence-corrected chi connectivity index (χ0v) is 18.3. The summed E-state index contributed by atoms with van der Waals surface area (Å²) in [6.07, 6.45) is 0. The summed E-state index contributed by atoms with van der Waals surface area (Å²) in [6, 6.07) is 14.4. The number of carboxylic acids is 1. The molecule has 0 spiro atoms. The summed E-state index contributed by atoms with van der Waals surface area (Å²) in [4.78, 5) is 11.1. The topological polar surface area (TPSA) is 67.8 Å². The van der Waals surface area contributed by atoms with E-state index in [1.807, 2.05) is 6.07 Å². The minimum absolute atomic E-state index is 0.0488. The van der Waals surface area contributed by atoms with E-state index in [-0.39, 0.29) is 23.0 Å². The molecule has 5 nitrogen and oxygen atoms in total. The number of nitrogens with one attached hydrogen (secondary N) is 1. The number of anilines is 1. The van der Waals surface area contributed by atoms with Gasteiger partial charge in [0.1, 0.15) is 12.4 Å². The van der Waals surface area contributed by atoms with Crippen LogP contribution in [0.3, 0.4) is 0 Å². The zero-order valence-electron chi connectivity index (χ0n) is 15.9. The highest BCUT2D eigenvalue weighted by Crippen LogP contribution is 2.34. The number of hydrogen-bond donors (Lipinski definition) is 2. The van der Waals surface area contributed by atoms with Crippen molar-refractivity contribution >= 4 is 39.2 Å². The standard InChI is InChI=1S/C22H18BrClFNO4/c1-29-20-8-14(11-26-16-6-7-17(22(27)28)19(24)9-16)18(23)10-21(20)30-12-13-2-4-15(25)5-3-13/h2-10,26H,11-12H2,1H3,(H,27,28). The Morgan fingerprint density at radius 3 is 2.50 bits per heavy atom. The van der Waals surface area contributed by atoms with Gasteiger partial charge in [0.15, 0.2) is 11.5 Å². The first kappa shape index (κ1) is 21.9. The molecule has 3 rings (SSSR count). The van der Waals surface area contributed by atoms with Crippen molar-refractivity contribution in [2.75, 3.05) is 12.4 Å². The van der Waals surface area contributed by atoms with E-state index in [1.54, 1.807) is 37.4 Å². The molecule has 3 aromatic rings. The minimum Gasteiger partial charge on any atom is -0.493 e. The molecule has 0 bridgehead atoms. The van der Waals surface area contributed by atoms with E-state index in [4.69, 9.17) is 26.2 Å². The third-order valence-corrected chi connectivity index (χ3v) is 5.37. The van der Waals surface area contributed by atoms with Gasteiger partial charge in [-0.25, -0.2) is 9.18 Å². The zero-order chi connectivity index (χ0) is 21.7. The Morgan fingerprint density at radius 1 is 1.13 bits per heavy atom. The van der Waals surface area contributed by atoms with Crippen molar-refractivity contribution < 1.29 is 23.8 Å². The molecule has 2 N–H and O–H groups in total. The van der Waals surface area contributed by atoms with Crippen molar-refractivity contribution in [1.29, 1.82) is 0 Å². The van der Waals surface area contributed by atoms with Crippen molar-refractivity contribution in [3.05, 3.63) is 86.6 Å². The number of ether oxygens (including phenoxy) is 2. The third kappa shape index (κ3) is 5.43. The van der Waals surface area contributed by atoms with Gasteiger partial charge in [0.25, 0.3) is 0 Å². The molecule has 0 saturated carbocycles. The molecule has 0 aliphatic heterocycles. The summed E-state index contributed by atoms with van der Waals surface area (Å²) < 4.78 is 25.1. The lowest BCUT2D eigenvalue weighted by atomic mass is 10.1. The van der Waals surface area contributed by atoms with Gasteiger partial charge in [-0.15, -0.1) is 0 Å². The largest absolute Gasteiger partial charge is 0.493 e. The number of rotatable bonds is 8. The molecule has 0 saturated heterocycles. The van der Waals surface area contributed by atoms with Crippen molar-refractivity contribution in [3.8, 4) is 11.5 Å². The van der Waals surface area contributed by atoms with E-state index < -0.39 is 5.97 Å². The maximum absolute atomic E-state index is 13.0. The van der Waals surface area contributed by atoms with Crippen LogP contribution in [-0.2, 0) is 13.2 Å². The van der Waals surface area contributed by atoms with Gasteiger partial charge in [0.2, 0.25) is 0 Å². The smallest absolute Gasteiger partial charge is 0.337 e. The number of carboxylic acid groups (broad SMARTS) is 1. The fourth-order valence-electron chi connectivity index (χ4n) is 2.72. The van der Waals surface area contributed by atoms with Gasteiger partial charge in [-0.3, -0.25) is 0 Å². The summed E-state index contributed by atoms with van der Waals surface area (Å²) in [7, 11) is 1.55. The summed E-state index contributed by atoms with van der Waals surface area (Å²) in [6.45, 7) is 0.715. The van der Waals surface area contributed by atoms with E-state index in [0.29, 0.717) is 23.7 Å². The predicted molar refractivity (Wildman–Crippen MR) is 117 cm³/mol.